The van der Waals surface area contributed by atoms with Crippen molar-refractivity contribution in [2.75, 3.05) is 18.4 Å². The molecule has 0 spiro atoms. The van der Waals surface area contributed by atoms with Crippen LogP contribution in [0, 0.1) is 6.92 Å². The van der Waals surface area contributed by atoms with Crippen LogP contribution in [-0.2, 0) is 17.8 Å². The van der Waals surface area contributed by atoms with Crippen molar-refractivity contribution in [2.24, 2.45) is 0 Å². The van der Waals surface area contributed by atoms with Crippen molar-refractivity contribution < 1.29 is 9.59 Å². The smallest absolute Gasteiger partial charge is 0.319 e. The van der Waals surface area contributed by atoms with Crippen LogP contribution in [-0.4, -0.2) is 29.9 Å². The van der Waals surface area contributed by atoms with E-state index in [9.17, 15) is 9.59 Å². The van der Waals surface area contributed by atoms with Gasteiger partial charge in [0, 0.05) is 25.3 Å². The minimum Gasteiger partial charge on any atom is -0.342 e. The summed E-state index contributed by atoms with van der Waals surface area (Å²) in [6.07, 6.45) is 2.62. The van der Waals surface area contributed by atoms with E-state index >= 15 is 0 Å². The van der Waals surface area contributed by atoms with Crippen LogP contribution in [0.15, 0.2) is 48.5 Å². The number of urea groups is 1. The number of hydrogen-bond donors (Lipinski definition) is 2. The highest BCUT2D eigenvalue weighted by Gasteiger charge is 2.17. The Balaban J connectivity index is 1.46. The first-order valence-electron chi connectivity index (χ1n) is 9.07. The summed E-state index contributed by atoms with van der Waals surface area (Å²) in [6, 6.07) is 15.3. The van der Waals surface area contributed by atoms with Gasteiger partial charge in [-0.3, -0.25) is 4.79 Å². The number of benzene rings is 2. The third-order valence-electron chi connectivity index (χ3n) is 4.60. The number of nitrogens with zero attached hydrogens (tertiary/aromatic N) is 1. The van der Waals surface area contributed by atoms with Crippen LogP contribution in [0.3, 0.4) is 0 Å². The summed E-state index contributed by atoms with van der Waals surface area (Å²) in [4.78, 5) is 26.1. The van der Waals surface area contributed by atoms with Gasteiger partial charge >= 0.3 is 6.03 Å². The van der Waals surface area contributed by atoms with Gasteiger partial charge in [0.25, 0.3) is 0 Å². The first kappa shape index (κ1) is 18.0. The molecule has 5 heteroatoms. The van der Waals surface area contributed by atoms with Crippen molar-refractivity contribution >= 4 is 17.6 Å². The Bertz CT molecular complexity index is 748. The van der Waals surface area contributed by atoms with E-state index in [0.717, 1.165) is 37.1 Å². The molecule has 3 amide bonds. The second-order valence-electron chi connectivity index (χ2n) is 6.75. The molecule has 1 aliphatic heterocycles. The molecule has 0 aliphatic carbocycles. The molecule has 0 aromatic heterocycles. The largest absolute Gasteiger partial charge is 0.342 e. The number of hydrogen-bond acceptors (Lipinski definition) is 2. The summed E-state index contributed by atoms with van der Waals surface area (Å²) in [5.74, 6) is 0.180. The maximum absolute atomic E-state index is 12.2. The standard InChI is InChI=1S/C21H25N3O2/c1-16-4-6-18(7-5-16)15-22-21(26)23-19-10-8-17(9-11-19)14-20(25)24-12-2-3-13-24/h4-11H,2-3,12-15H2,1H3,(H2,22,23,26). The number of anilines is 1. The Morgan fingerprint density at radius 1 is 0.923 bits per heavy atom. The van der Waals surface area contributed by atoms with E-state index in [-0.39, 0.29) is 11.9 Å². The third-order valence-corrected chi connectivity index (χ3v) is 4.60. The SMILES string of the molecule is Cc1ccc(CNC(=O)Nc2ccc(CC(=O)N3CCCC3)cc2)cc1. The topological polar surface area (TPSA) is 61.4 Å². The molecule has 0 saturated carbocycles. The summed E-state index contributed by atoms with van der Waals surface area (Å²) in [6.45, 7) is 4.26. The lowest BCUT2D eigenvalue weighted by molar-refractivity contribution is -0.129. The van der Waals surface area contributed by atoms with Gasteiger partial charge in [0.2, 0.25) is 5.91 Å². The Morgan fingerprint density at radius 2 is 1.54 bits per heavy atom. The van der Waals surface area contributed by atoms with E-state index in [1.807, 2.05) is 60.4 Å². The molecule has 0 radical (unpaired) electrons. The molecule has 1 aliphatic rings. The Hall–Kier alpha value is -2.82. The molecule has 136 valence electrons. The molecule has 0 bridgehead atoms. The summed E-state index contributed by atoms with van der Waals surface area (Å²) < 4.78 is 0. The second kappa shape index (κ2) is 8.52. The first-order chi connectivity index (χ1) is 12.6. The molecule has 0 unspecified atom stereocenters. The maximum Gasteiger partial charge on any atom is 0.319 e. The fourth-order valence-electron chi connectivity index (χ4n) is 3.02. The van der Waals surface area contributed by atoms with Gasteiger partial charge in [0.05, 0.1) is 6.42 Å². The van der Waals surface area contributed by atoms with Gasteiger partial charge in [0.1, 0.15) is 0 Å². The van der Waals surface area contributed by atoms with E-state index in [1.165, 1.54) is 5.56 Å². The fraction of sp³-hybridized carbons (Fsp3) is 0.333. The quantitative estimate of drug-likeness (QED) is 0.866. The summed E-state index contributed by atoms with van der Waals surface area (Å²) in [7, 11) is 0. The van der Waals surface area contributed by atoms with E-state index in [4.69, 9.17) is 0 Å². The van der Waals surface area contributed by atoms with Crippen LogP contribution in [0.4, 0.5) is 10.5 Å². The molecule has 26 heavy (non-hydrogen) atoms. The highest BCUT2D eigenvalue weighted by atomic mass is 16.2. The summed E-state index contributed by atoms with van der Waals surface area (Å²) >= 11 is 0. The number of rotatable bonds is 5. The average molecular weight is 351 g/mol. The zero-order valence-corrected chi connectivity index (χ0v) is 15.1. The fourth-order valence-corrected chi connectivity index (χ4v) is 3.02. The Labute approximate surface area is 154 Å². The summed E-state index contributed by atoms with van der Waals surface area (Å²) in [5.41, 5.74) is 3.93. The van der Waals surface area contributed by atoms with E-state index < -0.39 is 0 Å². The number of aryl methyl sites for hydroxylation is 1. The van der Waals surface area contributed by atoms with Crippen LogP contribution in [0.5, 0.6) is 0 Å². The van der Waals surface area contributed by atoms with Crippen LogP contribution >= 0.6 is 0 Å². The van der Waals surface area contributed by atoms with Crippen molar-refractivity contribution in [1.29, 1.82) is 0 Å². The average Bonchev–Trinajstić information content (AvgIpc) is 3.18. The van der Waals surface area contributed by atoms with Crippen LogP contribution in [0.25, 0.3) is 0 Å². The van der Waals surface area contributed by atoms with Crippen LogP contribution in [0.1, 0.15) is 29.5 Å². The predicted octanol–water partition coefficient (Wildman–Crippen LogP) is 3.48. The van der Waals surface area contributed by atoms with Gasteiger partial charge in [-0.2, -0.15) is 0 Å². The van der Waals surface area contributed by atoms with Gasteiger partial charge in [-0.1, -0.05) is 42.0 Å². The highest BCUT2D eigenvalue weighted by molar-refractivity contribution is 5.89. The van der Waals surface area contributed by atoms with Gasteiger partial charge < -0.3 is 15.5 Å². The molecule has 2 aromatic rings. The van der Waals surface area contributed by atoms with Gasteiger partial charge in [0.15, 0.2) is 0 Å². The van der Waals surface area contributed by atoms with Crippen LogP contribution in [0.2, 0.25) is 0 Å². The highest BCUT2D eigenvalue weighted by Crippen LogP contribution is 2.13. The molecule has 1 saturated heterocycles. The monoisotopic (exact) mass is 351 g/mol. The van der Waals surface area contributed by atoms with E-state index in [1.54, 1.807) is 0 Å². The van der Waals surface area contributed by atoms with Crippen molar-refractivity contribution in [3.05, 3.63) is 65.2 Å². The molecule has 0 atom stereocenters. The molecule has 3 rings (SSSR count). The van der Waals surface area contributed by atoms with E-state index in [2.05, 4.69) is 10.6 Å². The molecule has 2 aromatic carbocycles. The van der Waals surface area contributed by atoms with Crippen molar-refractivity contribution in [3.63, 3.8) is 0 Å². The predicted molar refractivity (Wildman–Crippen MR) is 103 cm³/mol. The van der Waals surface area contributed by atoms with Gasteiger partial charge in [-0.25, -0.2) is 4.79 Å². The minimum absolute atomic E-state index is 0.180. The molecular weight excluding hydrogens is 326 g/mol. The Kier molecular flexibility index (Phi) is 5.89. The second-order valence-corrected chi connectivity index (χ2v) is 6.75. The zero-order valence-electron chi connectivity index (χ0n) is 15.1. The summed E-state index contributed by atoms with van der Waals surface area (Å²) in [5, 5.41) is 5.65. The lowest BCUT2D eigenvalue weighted by Gasteiger charge is -2.15. The van der Waals surface area contributed by atoms with Gasteiger partial charge in [-0.15, -0.1) is 0 Å². The molecule has 1 heterocycles. The van der Waals surface area contributed by atoms with Crippen molar-refractivity contribution in [2.45, 2.75) is 32.7 Å². The Morgan fingerprint density at radius 3 is 2.19 bits per heavy atom. The lowest BCUT2D eigenvalue weighted by atomic mass is 10.1. The third kappa shape index (κ3) is 5.09. The molecule has 2 N–H and O–H groups in total. The number of nitrogens with one attached hydrogen (secondary N) is 2. The minimum atomic E-state index is -0.244. The van der Waals surface area contributed by atoms with Crippen molar-refractivity contribution in [1.82, 2.24) is 10.2 Å². The molecule has 5 nitrogen and oxygen atoms in total. The number of carbonyl (C=O) groups excluding carboxylic acids is 2. The maximum atomic E-state index is 12.2. The lowest BCUT2D eigenvalue weighted by Crippen LogP contribution is -2.29. The van der Waals surface area contributed by atoms with Gasteiger partial charge in [-0.05, 0) is 43.0 Å². The normalized spacial score (nSPS) is 13.5. The number of carbonyl (C=O) groups is 2. The number of amides is 3. The molecular formula is C21H25N3O2. The first-order valence-corrected chi connectivity index (χ1v) is 9.07. The number of likely N-dealkylation sites (tertiary alicyclic amines) is 1. The zero-order chi connectivity index (χ0) is 18.4. The van der Waals surface area contributed by atoms with Crippen LogP contribution < -0.4 is 10.6 Å². The van der Waals surface area contributed by atoms with E-state index in [0.29, 0.717) is 18.7 Å². The van der Waals surface area contributed by atoms with Crippen molar-refractivity contribution in [3.8, 4) is 0 Å². The molecule has 1 fully saturated rings.